The lowest BCUT2D eigenvalue weighted by Gasteiger charge is -2.34. The number of carbonyl (C=O) groups is 1. The van der Waals surface area contributed by atoms with Crippen LogP contribution in [0.15, 0.2) is 27.5 Å². The number of piperidine rings is 1. The number of sulfonamides is 1. The molecular formula is C18H24N2O4S. The summed E-state index contributed by atoms with van der Waals surface area (Å²) in [7, 11) is -2.03. The molecule has 2 aromatic rings. The molecule has 0 spiro atoms. The number of rotatable bonds is 3. The van der Waals surface area contributed by atoms with Crippen molar-refractivity contribution in [1.82, 2.24) is 9.62 Å². The number of hydrogen-bond donors (Lipinski definition) is 1. The molecule has 2 unspecified atom stereocenters. The van der Waals surface area contributed by atoms with E-state index in [0.717, 1.165) is 6.42 Å². The van der Waals surface area contributed by atoms with E-state index in [1.807, 2.05) is 0 Å². The summed E-state index contributed by atoms with van der Waals surface area (Å²) >= 11 is 0. The Hall–Kier alpha value is -1.86. The third kappa shape index (κ3) is 3.18. The smallest absolute Gasteiger partial charge is 0.287 e. The molecule has 2 atom stereocenters. The Morgan fingerprint density at radius 3 is 2.48 bits per heavy atom. The zero-order chi connectivity index (χ0) is 18.4. The van der Waals surface area contributed by atoms with Crippen molar-refractivity contribution in [1.29, 1.82) is 0 Å². The minimum absolute atomic E-state index is 0.215. The molecule has 1 saturated heterocycles. The summed E-state index contributed by atoms with van der Waals surface area (Å²) in [5, 5.41) is 3.18. The van der Waals surface area contributed by atoms with Gasteiger partial charge in [-0.25, -0.2) is 8.42 Å². The fourth-order valence-corrected chi connectivity index (χ4v) is 5.35. The molecule has 1 aliphatic heterocycles. The van der Waals surface area contributed by atoms with Crippen LogP contribution in [0.3, 0.4) is 0 Å². The maximum atomic E-state index is 13.0. The molecule has 1 fully saturated rings. The zero-order valence-corrected chi connectivity index (χ0v) is 15.8. The van der Waals surface area contributed by atoms with Gasteiger partial charge in [-0.1, -0.05) is 13.8 Å². The van der Waals surface area contributed by atoms with E-state index in [1.54, 1.807) is 29.4 Å². The molecule has 2 heterocycles. The monoisotopic (exact) mass is 364 g/mol. The standard InChI is InChI=1S/C18H24N2O4S/c1-11-7-12(2)10-20(9-11)25(22,23)14-5-6-16-15(8-14)13(3)17(24-16)18(21)19-4/h5-6,8,11-12H,7,9-10H2,1-4H3,(H,19,21). The van der Waals surface area contributed by atoms with Crippen molar-refractivity contribution in [3.8, 4) is 0 Å². The van der Waals surface area contributed by atoms with Gasteiger partial charge >= 0.3 is 0 Å². The van der Waals surface area contributed by atoms with Crippen molar-refractivity contribution in [2.24, 2.45) is 11.8 Å². The molecule has 0 radical (unpaired) electrons. The normalized spacial score (nSPS) is 22.2. The average molecular weight is 364 g/mol. The average Bonchev–Trinajstić information content (AvgIpc) is 2.89. The second-order valence-corrected chi connectivity index (χ2v) is 9.00. The minimum Gasteiger partial charge on any atom is -0.451 e. The van der Waals surface area contributed by atoms with Crippen LogP contribution in [0.5, 0.6) is 0 Å². The van der Waals surface area contributed by atoms with Crippen molar-refractivity contribution >= 4 is 26.9 Å². The maximum Gasteiger partial charge on any atom is 0.287 e. The number of nitrogens with zero attached hydrogens (tertiary/aromatic N) is 1. The Labute approximate surface area is 148 Å². The van der Waals surface area contributed by atoms with Crippen molar-refractivity contribution < 1.29 is 17.6 Å². The van der Waals surface area contributed by atoms with E-state index in [9.17, 15) is 13.2 Å². The Morgan fingerprint density at radius 1 is 1.24 bits per heavy atom. The molecule has 1 amide bonds. The highest BCUT2D eigenvalue weighted by Gasteiger charge is 2.32. The summed E-state index contributed by atoms with van der Waals surface area (Å²) in [5.74, 6) is 0.583. The fraction of sp³-hybridized carbons (Fsp3) is 0.500. The highest BCUT2D eigenvalue weighted by Crippen LogP contribution is 2.31. The number of furan rings is 1. The van der Waals surface area contributed by atoms with Crippen LogP contribution < -0.4 is 5.32 Å². The Kier molecular flexibility index (Phi) is 4.64. The summed E-state index contributed by atoms with van der Waals surface area (Å²) in [4.78, 5) is 12.1. The number of aryl methyl sites for hydroxylation is 1. The highest BCUT2D eigenvalue weighted by molar-refractivity contribution is 7.89. The van der Waals surface area contributed by atoms with Crippen LogP contribution in [0.25, 0.3) is 11.0 Å². The van der Waals surface area contributed by atoms with Gasteiger partial charge in [0.25, 0.3) is 5.91 Å². The van der Waals surface area contributed by atoms with Crippen LogP contribution in [0.2, 0.25) is 0 Å². The summed E-state index contributed by atoms with van der Waals surface area (Å²) in [6.07, 6.45) is 1.04. The number of carbonyl (C=O) groups excluding carboxylic acids is 1. The topological polar surface area (TPSA) is 79.6 Å². The van der Waals surface area contributed by atoms with Gasteiger partial charge in [0.15, 0.2) is 5.76 Å². The quantitative estimate of drug-likeness (QED) is 0.908. The lowest BCUT2D eigenvalue weighted by Crippen LogP contribution is -2.42. The van der Waals surface area contributed by atoms with Crippen LogP contribution in [-0.2, 0) is 10.0 Å². The van der Waals surface area contributed by atoms with Crippen LogP contribution >= 0.6 is 0 Å². The van der Waals surface area contributed by atoms with E-state index in [-0.39, 0.29) is 16.6 Å². The highest BCUT2D eigenvalue weighted by atomic mass is 32.2. The maximum absolute atomic E-state index is 13.0. The van der Waals surface area contributed by atoms with Crippen molar-refractivity contribution in [2.45, 2.75) is 32.1 Å². The van der Waals surface area contributed by atoms with Gasteiger partial charge in [-0.2, -0.15) is 4.31 Å². The first-order valence-electron chi connectivity index (χ1n) is 8.49. The number of nitrogens with one attached hydrogen (secondary N) is 1. The summed E-state index contributed by atoms with van der Waals surface area (Å²) in [6.45, 7) is 7.00. The van der Waals surface area contributed by atoms with E-state index in [2.05, 4.69) is 19.2 Å². The van der Waals surface area contributed by atoms with E-state index in [0.29, 0.717) is 41.5 Å². The lowest BCUT2D eigenvalue weighted by molar-refractivity contribution is 0.0937. The van der Waals surface area contributed by atoms with E-state index in [1.165, 1.54) is 7.05 Å². The van der Waals surface area contributed by atoms with Gasteiger partial charge in [-0.05, 0) is 43.4 Å². The largest absolute Gasteiger partial charge is 0.451 e. The lowest BCUT2D eigenvalue weighted by atomic mass is 9.94. The Bertz CT molecular complexity index is 907. The molecule has 0 saturated carbocycles. The number of hydrogen-bond acceptors (Lipinski definition) is 4. The second-order valence-electron chi connectivity index (χ2n) is 7.06. The van der Waals surface area contributed by atoms with Crippen LogP contribution in [-0.4, -0.2) is 38.8 Å². The van der Waals surface area contributed by atoms with Crippen molar-refractivity contribution in [2.75, 3.05) is 20.1 Å². The van der Waals surface area contributed by atoms with E-state index < -0.39 is 10.0 Å². The molecule has 7 heteroatoms. The molecule has 1 aliphatic rings. The van der Waals surface area contributed by atoms with Gasteiger partial charge < -0.3 is 9.73 Å². The molecule has 136 valence electrons. The molecule has 0 bridgehead atoms. The van der Waals surface area contributed by atoms with Gasteiger partial charge in [0.2, 0.25) is 10.0 Å². The zero-order valence-electron chi connectivity index (χ0n) is 15.0. The van der Waals surface area contributed by atoms with E-state index >= 15 is 0 Å². The van der Waals surface area contributed by atoms with Gasteiger partial charge in [-0.3, -0.25) is 4.79 Å². The summed E-state index contributed by atoms with van der Waals surface area (Å²) < 4.78 is 33.2. The first kappa shape index (κ1) is 17.9. The number of benzene rings is 1. The first-order valence-corrected chi connectivity index (χ1v) is 9.93. The third-order valence-corrected chi connectivity index (χ3v) is 6.64. The van der Waals surface area contributed by atoms with Crippen LogP contribution in [0.1, 0.15) is 36.4 Å². The van der Waals surface area contributed by atoms with Crippen molar-refractivity contribution in [3.05, 3.63) is 29.5 Å². The molecular weight excluding hydrogens is 340 g/mol. The first-order chi connectivity index (χ1) is 11.7. The SMILES string of the molecule is CNC(=O)c1oc2ccc(S(=O)(=O)N3CC(C)CC(C)C3)cc2c1C. The molecule has 0 aliphatic carbocycles. The van der Waals surface area contributed by atoms with Gasteiger partial charge in [0.05, 0.1) is 4.90 Å². The molecule has 1 N–H and O–H groups in total. The number of fused-ring (bicyclic) bond motifs is 1. The molecule has 3 rings (SSSR count). The van der Waals surface area contributed by atoms with Gasteiger partial charge in [-0.15, -0.1) is 0 Å². The summed E-state index contributed by atoms with van der Waals surface area (Å²) in [5.41, 5.74) is 1.15. The Balaban J connectivity index is 2.03. The van der Waals surface area contributed by atoms with Crippen LogP contribution in [0, 0.1) is 18.8 Å². The van der Waals surface area contributed by atoms with Crippen LogP contribution in [0.4, 0.5) is 0 Å². The fourth-order valence-electron chi connectivity index (χ4n) is 3.64. The third-order valence-electron chi connectivity index (χ3n) is 4.81. The van der Waals surface area contributed by atoms with E-state index in [4.69, 9.17) is 4.42 Å². The predicted octanol–water partition coefficient (Wildman–Crippen LogP) is 2.77. The molecule has 6 nitrogen and oxygen atoms in total. The Morgan fingerprint density at radius 2 is 1.88 bits per heavy atom. The van der Waals surface area contributed by atoms with Gasteiger partial charge in [0.1, 0.15) is 5.58 Å². The molecule has 1 aromatic carbocycles. The minimum atomic E-state index is -3.56. The number of amides is 1. The predicted molar refractivity (Wildman–Crippen MR) is 96.0 cm³/mol. The second kappa shape index (κ2) is 6.46. The molecule has 1 aromatic heterocycles. The van der Waals surface area contributed by atoms with Crippen molar-refractivity contribution in [3.63, 3.8) is 0 Å². The summed E-state index contributed by atoms with van der Waals surface area (Å²) in [6, 6.07) is 4.79. The molecule has 25 heavy (non-hydrogen) atoms. The van der Waals surface area contributed by atoms with Gasteiger partial charge in [0, 0.05) is 31.1 Å².